The van der Waals surface area contributed by atoms with Crippen LogP contribution < -0.4 is 5.73 Å². The third-order valence-corrected chi connectivity index (χ3v) is 4.19. The molecule has 0 aromatic heterocycles. The molecule has 0 aliphatic carbocycles. The van der Waals surface area contributed by atoms with E-state index in [1.165, 1.54) is 0 Å². The molecule has 0 fully saturated rings. The van der Waals surface area contributed by atoms with Gasteiger partial charge < -0.3 is 15.9 Å². The van der Waals surface area contributed by atoms with Crippen LogP contribution in [-0.2, 0) is 19.2 Å². The fraction of sp³-hybridized carbons (Fsp3) is 0.500. The summed E-state index contributed by atoms with van der Waals surface area (Å²) >= 11 is 0. The van der Waals surface area contributed by atoms with Gasteiger partial charge in [-0.15, -0.1) is 0 Å². The van der Waals surface area contributed by atoms with Gasteiger partial charge in [0.1, 0.15) is 12.1 Å². The van der Waals surface area contributed by atoms with Gasteiger partial charge in [-0.2, -0.15) is 0 Å². The number of imide groups is 1. The van der Waals surface area contributed by atoms with Gasteiger partial charge in [0.25, 0.3) is 0 Å². The Hall–Kier alpha value is -1.26. The molecule has 102 valence electrons. The average Bonchev–Trinajstić information content (AvgIpc) is 2.32. The maximum Gasteiger partial charge on any atom is 0.327 e. The first-order valence-corrected chi connectivity index (χ1v) is 7.06. The molecule has 0 spiro atoms. The number of nitrogens with two attached hydrogens (primary N) is 1. The largest absolute Gasteiger partial charge is 0.480 e. The molecule has 0 bridgehead atoms. The summed E-state index contributed by atoms with van der Waals surface area (Å²) in [7, 11) is 2.09. The van der Waals surface area contributed by atoms with E-state index in [4.69, 9.17) is 15.9 Å². The Labute approximate surface area is 110 Å². The first kappa shape index (κ1) is 16.7. The molecule has 0 saturated heterocycles. The van der Waals surface area contributed by atoms with Crippen LogP contribution in [0.25, 0.3) is 0 Å². The van der Waals surface area contributed by atoms with Gasteiger partial charge in [0, 0.05) is 11.5 Å². The number of carbonyl (C=O) groups is 4. The quantitative estimate of drug-likeness (QED) is 0.259. The molecule has 18 heavy (non-hydrogen) atoms. The van der Waals surface area contributed by atoms with E-state index in [1.807, 2.05) is 0 Å². The third-order valence-electron chi connectivity index (χ3n) is 1.76. The van der Waals surface area contributed by atoms with Crippen molar-refractivity contribution in [3.63, 3.8) is 0 Å². The highest BCUT2D eigenvalue weighted by molar-refractivity contribution is 8.76. The van der Waals surface area contributed by atoms with Gasteiger partial charge in [-0.05, 0) is 0 Å². The smallest absolute Gasteiger partial charge is 0.327 e. The molecule has 10 heteroatoms. The summed E-state index contributed by atoms with van der Waals surface area (Å²) in [6.45, 7) is 0. The Bertz CT molecular complexity index is 319. The molecule has 2 atom stereocenters. The second kappa shape index (κ2) is 8.78. The Morgan fingerprint density at radius 3 is 2.00 bits per heavy atom. The van der Waals surface area contributed by atoms with Gasteiger partial charge in [-0.3, -0.25) is 19.3 Å². The van der Waals surface area contributed by atoms with Gasteiger partial charge in [0.2, 0.25) is 12.8 Å². The normalized spacial score (nSPS) is 13.4. The number of hydrogen-bond acceptors (Lipinski definition) is 7. The molecule has 0 aromatic rings. The van der Waals surface area contributed by atoms with E-state index in [9.17, 15) is 19.2 Å². The lowest BCUT2D eigenvalue weighted by atomic mass is 10.3. The standard InChI is InChI=1S/C8H12N2O6S2/c9-5(7(13)14)1-17-18-2-6(8(15)16)10(3-11)4-12/h3-6H,1-2,9H2,(H,13,14)(H,15,16)/t5-,6-/m0/s1. The topological polar surface area (TPSA) is 138 Å². The maximum absolute atomic E-state index is 10.8. The molecule has 0 rings (SSSR count). The third kappa shape index (κ3) is 5.89. The molecule has 0 aliphatic rings. The Morgan fingerprint density at radius 2 is 1.61 bits per heavy atom. The lowest BCUT2D eigenvalue weighted by Gasteiger charge is -2.18. The Morgan fingerprint density at radius 1 is 1.11 bits per heavy atom. The number of carboxylic acids is 2. The van der Waals surface area contributed by atoms with Crippen LogP contribution in [0.5, 0.6) is 0 Å². The summed E-state index contributed by atoms with van der Waals surface area (Å²) in [4.78, 5) is 42.5. The van der Waals surface area contributed by atoms with Crippen LogP contribution in [0.15, 0.2) is 0 Å². The molecule has 0 saturated carbocycles. The van der Waals surface area contributed by atoms with Crippen molar-refractivity contribution in [3.8, 4) is 0 Å². The molecule has 0 aliphatic heterocycles. The van der Waals surface area contributed by atoms with Gasteiger partial charge in [0.05, 0.1) is 0 Å². The fourth-order valence-corrected chi connectivity index (χ4v) is 3.09. The van der Waals surface area contributed by atoms with Crippen molar-refractivity contribution in [2.24, 2.45) is 5.73 Å². The second-order valence-electron chi connectivity index (χ2n) is 3.03. The van der Waals surface area contributed by atoms with Crippen LogP contribution >= 0.6 is 21.6 Å². The minimum atomic E-state index is -1.31. The Kier molecular flexibility index (Phi) is 8.16. The number of nitrogens with zero attached hydrogens (tertiary/aromatic N) is 1. The zero-order valence-corrected chi connectivity index (χ0v) is 10.7. The summed E-state index contributed by atoms with van der Waals surface area (Å²) in [6.07, 6.45) is 0.250. The van der Waals surface area contributed by atoms with Crippen LogP contribution in [-0.4, -0.2) is 63.5 Å². The summed E-state index contributed by atoms with van der Waals surface area (Å²) in [5, 5.41) is 17.3. The zero-order chi connectivity index (χ0) is 14.1. The van der Waals surface area contributed by atoms with Gasteiger partial charge in [0.15, 0.2) is 0 Å². The number of rotatable bonds is 10. The second-order valence-corrected chi connectivity index (χ2v) is 5.58. The number of carbonyl (C=O) groups excluding carboxylic acids is 2. The highest BCUT2D eigenvalue weighted by Crippen LogP contribution is 2.23. The van der Waals surface area contributed by atoms with Gasteiger partial charge in [-0.1, -0.05) is 21.6 Å². The first-order chi connectivity index (χ1) is 8.43. The molecule has 0 unspecified atom stereocenters. The van der Waals surface area contributed by atoms with E-state index in [0.29, 0.717) is 4.90 Å². The number of amides is 2. The minimum absolute atomic E-state index is 0.0518. The van der Waals surface area contributed by atoms with Crippen molar-refractivity contribution in [2.75, 3.05) is 11.5 Å². The highest BCUT2D eigenvalue weighted by atomic mass is 33.1. The molecule has 0 radical (unpaired) electrons. The van der Waals surface area contributed by atoms with Crippen LogP contribution in [0, 0.1) is 0 Å². The zero-order valence-electron chi connectivity index (χ0n) is 9.09. The molecule has 0 heterocycles. The minimum Gasteiger partial charge on any atom is -0.480 e. The van der Waals surface area contributed by atoms with Gasteiger partial charge in [-0.25, -0.2) is 4.79 Å². The van der Waals surface area contributed by atoms with Crippen molar-refractivity contribution < 1.29 is 29.4 Å². The van der Waals surface area contributed by atoms with E-state index in [0.717, 1.165) is 21.6 Å². The fourth-order valence-electron chi connectivity index (χ4n) is 0.762. The van der Waals surface area contributed by atoms with Crippen molar-refractivity contribution in [1.29, 1.82) is 0 Å². The van der Waals surface area contributed by atoms with Crippen LogP contribution in [0.1, 0.15) is 0 Å². The molecule has 8 nitrogen and oxygen atoms in total. The van der Waals surface area contributed by atoms with Gasteiger partial charge >= 0.3 is 11.9 Å². The van der Waals surface area contributed by atoms with Crippen molar-refractivity contribution in [3.05, 3.63) is 0 Å². The first-order valence-electron chi connectivity index (χ1n) is 4.57. The molecule has 0 aromatic carbocycles. The maximum atomic E-state index is 10.8. The van der Waals surface area contributed by atoms with Crippen LogP contribution in [0.2, 0.25) is 0 Å². The summed E-state index contributed by atoms with van der Waals surface area (Å²) in [6, 6.07) is -2.32. The molecular weight excluding hydrogens is 284 g/mol. The van der Waals surface area contributed by atoms with E-state index in [-0.39, 0.29) is 24.3 Å². The highest BCUT2D eigenvalue weighted by Gasteiger charge is 2.24. The number of carboxylic acid groups (broad SMARTS) is 2. The average molecular weight is 296 g/mol. The summed E-state index contributed by atoms with van der Waals surface area (Å²) in [5.41, 5.74) is 5.23. The van der Waals surface area contributed by atoms with E-state index in [1.54, 1.807) is 0 Å². The van der Waals surface area contributed by atoms with E-state index < -0.39 is 24.0 Å². The van der Waals surface area contributed by atoms with E-state index in [2.05, 4.69) is 0 Å². The lowest BCUT2D eigenvalue weighted by Crippen LogP contribution is -2.41. The monoisotopic (exact) mass is 296 g/mol. The van der Waals surface area contributed by atoms with Crippen molar-refractivity contribution in [2.45, 2.75) is 12.1 Å². The Balaban J connectivity index is 4.13. The van der Waals surface area contributed by atoms with E-state index >= 15 is 0 Å². The predicted molar refractivity (Wildman–Crippen MR) is 65.9 cm³/mol. The molecule has 4 N–H and O–H groups in total. The van der Waals surface area contributed by atoms with Crippen molar-refractivity contribution >= 4 is 46.3 Å². The predicted octanol–water partition coefficient (Wildman–Crippen LogP) is -1.15. The lowest BCUT2D eigenvalue weighted by molar-refractivity contribution is -0.148. The number of aliphatic carboxylic acids is 2. The van der Waals surface area contributed by atoms with Crippen LogP contribution in [0.3, 0.4) is 0 Å². The summed E-state index contributed by atoms with van der Waals surface area (Å²) in [5.74, 6) is -2.43. The molecule has 2 amide bonds. The molecular formula is C8H12N2O6S2. The SMILES string of the molecule is N[C@@H](CSSC[C@@H](C(=O)O)N(C=O)C=O)C(=O)O. The number of hydrogen-bond donors (Lipinski definition) is 3. The summed E-state index contributed by atoms with van der Waals surface area (Å²) < 4.78 is 0. The van der Waals surface area contributed by atoms with Crippen LogP contribution in [0.4, 0.5) is 0 Å². The van der Waals surface area contributed by atoms with Crippen molar-refractivity contribution in [1.82, 2.24) is 4.90 Å².